The third kappa shape index (κ3) is 1.83. The highest BCUT2D eigenvalue weighted by atomic mass is 16.3. The van der Waals surface area contributed by atoms with E-state index in [9.17, 15) is 9.90 Å². The van der Waals surface area contributed by atoms with Crippen LogP contribution < -0.4 is 5.32 Å². The van der Waals surface area contributed by atoms with Gasteiger partial charge in [-0.3, -0.25) is 4.79 Å². The molecule has 1 fully saturated rings. The van der Waals surface area contributed by atoms with Gasteiger partial charge >= 0.3 is 0 Å². The highest BCUT2D eigenvalue weighted by Gasteiger charge is 2.58. The maximum absolute atomic E-state index is 11.3. The fourth-order valence-electron chi connectivity index (χ4n) is 2.98. The summed E-state index contributed by atoms with van der Waals surface area (Å²) in [5, 5.41) is 13.8. The van der Waals surface area contributed by atoms with Crippen molar-refractivity contribution in [3.05, 3.63) is 35.4 Å². The second kappa shape index (κ2) is 4.39. The maximum Gasteiger partial charge on any atom is 0.217 e. The normalized spacial score (nSPS) is 34.8. The zero-order valence-corrected chi connectivity index (χ0v) is 11.4. The lowest BCUT2D eigenvalue weighted by molar-refractivity contribution is -0.170. The van der Waals surface area contributed by atoms with Crippen LogP contribution in [0.5, 0.6) is 0 Å². The van der Waals surface area contributed by atoms with Gasteiger partial charge in [0.1, 0.15) is 5.60 Å². The Bertz CT molecular complexity index is 454. The Hall–Kier alpha value is -1.35. The predicted octanol–water partition coefficient (Wildman–Crippen LogP) is 1.97. The summed E-state index contributed by atoms with van der Waals surface area (Å²) < 4.78 is 0. The molecule has 0 radical (unpaired) electrons. The van der Waals surface area contributed by atoms with Crippen LogP contribution in [0.4, 0.5) is 0 Å². The molecule has 3 nitrogen and oxygen atoms in total. The summed E-state index contributed by atoms with van der Waals surface area (Å²) in [5.74, 6) is 0.321. The Labute approximate surface area is 108 Å². The number of hydrogen-bond acceptors (Lipinski definition) is 2. The van der Waals surface area contributed by atoms with E-state index in [1.807, 2.05) is 38.1 Å². The molecule has 1 saturated carbocycles. The first kappa shape index (κ1) is 13.1. The molecule has 1 aliphatic rings. The summed E-state index contributed by atoms with van der Waals surface area (Å²) in [6.45, 7) is 7.61. The van der Waals surface area contributed by atoms with Gasteiger partial charge in [-0.2, -0.15) is 0 Å². The van der Waals surface area contributed by atoms with Crippen molar-refractivity contribution in [2.45, 2.75) is 39.3 Å². The van der Waals surface area contributed by atoms with Crippen molar-refractivity contribution in [2.75, 3.05) is 0 Å². The van der Waals surface area contributed by atoms with Crippen LogP contribution >= 0.6 is 0 Å². The smallest absolute Gasteiger partial charge is 0.217 e. The molecule has 1 aromatic carbocycles. The Morgan fingerprint density at radius 1 is 1.28 bits per heavy atom. The minimum absolute atomic E-state index is 0.0933. The minimum atomic E-state index is -0.946. The molecule has 2 rings (SSSR count). The molecule has 1 aromatic rings. The van der Waals surface area contributed by atoms with Crippen LogP contribution in [0.1, 0.15) is 31.9 Å². The summed E-state index contributed by atoms with van der Waals surface area (Å²) in [7, 11) is 0. The molecule has 1 amide bonds. The maximum atomic E-state index is 11.3. The van der Waals surface area contributed by atoms with Crippen molar-refractivity contribution in [3.8, 4) is 0 Å². The van der Waals surface area contributed by atoms with E-state index in [1.165, 1.54) is 12.5 Å². The van der Waals surface area contributed by atoms with E-state index in [0.717, 1.165) is 5.56 Å². The lowest BCUT2D eigenvalue weighted by Gasteiger charge is -2.56. The molecule has 0 saturated heterocycles. The number of benzene rings is 1. The molecule has 0 bridgehead atoms. The molecule has 4 atom stereocenters. The first-order valence-electron chi connectivity index (χ1n) is 6.44. The number of aryl methyl sites for hydroxylation is 1. The number of nitrogens with one attached hydrogen (secondary N) is 1. The Morgan fingerprint density at radius 3 is 2.33 bits per heavy atom. The minimum Gasteiger partial charge on any atom is -0.383 e. The van der Waals surface area contributed by atoms with Gasteiger partial charge in [0.05, 0.1) is 6.04 Å². The SMILES string of the molecule is CC(=O)N[C@@H]1[C@H](C)[C@@H](C)[C@]1(O)c1ccc(C)cc1. The van der Waals surface area contributed by atoms with E-state index in [-0.39, 0.29) is 23.8 Å². The van der Waals surface area contributed by atoms with Gasteiger partial charge in [-0.1, -0.05) is 43.7 Å². The van der Waals surface area contributed by atoms with Crippen molar-refractivity contribution in [2.24, 2.45) is 11.8 Å². The van der Waals surface area contributed by atoms with Gasteiger partial charge in [0.15, 0.2) is 0 Å². The van der Waals surface area contributed by atoms with E-state index in [1.54, 1.807) is 0 Å². The topological polar surface area (TPSA) is 49.3 Å². The first-order valence-corrected chi connectivity index (χ1v) is 6.44. The van der Waals surface area contributed by atoms with Crippen molar-refractivity contribution in [1.29, 1.82) is 0 Å². The van der Waals surface area contributed by atoms with Crippen LogP contribution in [0.3, 0.4) is 0 Å². The molecular weight excluding hydrogens is 226 g/mol. The molecule has 0 aromatic heterocycles. The molecule has 0 aliphatic heterocycles. The summed E-state index contributed by atoms with van der Waals surface area (Å²) >= 11 is 0. The van der Waals surface area contributed by atoms with Crippen LogP contribution in [0.25, 0.3) is 0 Å². The first-order chi connectivity index (χ1) is 8.37. The third-order valence-electron chi connectivity index (χ3n) is 4.36. The average Bonchev–Trinajstić information content (AvgIpc) is 2.35. The van der Waals surface area contributed by atoms with Gasteiger partial charge in [-0.25, -0.2) is 0 Å². The van der Waals surface area contributed by atoms with Crippen molar-refractivity contribution in [1.82, 2.24) is 5.32 Å². The summed E-state index contributed by atoms with van der Waals surface area (Å²) in [6, 6.07) is 7.69. The highest BCUT2D eigenvalue weighted by Crippen LogP contribution is 2.50. The number of amides is 1. The monoisotopic (exact) mass is 247 g/mol. The molecule has 0 spiro atoms. The van der Waals surface area contributed by atoms with Crippen LogP contribution in [0.15, 0.2) is 24.3 Å². The largest absolute Gasteiger partial charge is 0.383 e. The van der Waals surface area contributed by atoms with Crippen LogP contribution in [-0.4, -0.2) is 17.1 Å². The molecular formula is C15H21NO2. The van der Waals surface area contributed by atoms with E-state index in [0.29, 0.717) is 0 Å². The number of carbonyl (C=O) groups is 1. The van der Waals surface area contributed by atoms with Gasteiger partial charge in [-0.05, 0) is 24.3 Å². The van der Waals surface area contributed by atoms with Gasteiger partial charge in [0, 0.05) is 6.92 Å². The molecule has 18 heavy (non-hydrogen) atoms. The van der Waals surface area contributed by atoms with Crippen molar-refractivity contribution >= 4 is 5.91 Å². The molecule has 2 N–H and O–H groups in total. The zero-order valence-electron chi connectivity index (χ0n) is 11.4. The van der Waals surface area contributed by atoms with E-state index in [2.05, 4.69) is 12.2 Å². The van der Waals surface area contributed by atoms with E-state index in [4.69, 9.17) is 0 Å². The van der Waals surface area contributed by atoms with Gasteiger partial charge in [0.2, 0.25) is 5.91 Å². The molecule has 1 aliphatic carbocycles. The van der Waals surface area contributed by atoms with Crippen molar-refractivity contribution in [3.63, 3.8) is 0 Å². The quantitative estimate of drug-likeness (QED) is 0.839. The fourth-order valence-corrected chi connectivity index (χ4v) is 2.98. The summed E-state index contributed by atoms with van der Waals surface area (Å²) in [5.41, 5.74) is 1.11. The summed E-state index contributed by atoms with van der Waals surface area (Å²) in [6.07, 6.45) is 0. The molecule has 0 unspecified atom stereocenters. The fraction of sp³-hybridized carbons (Fsp3) is 0.533. The molecule has 3 heteroatoms. The predicted molar refractivity (Wildman–Crippen MR) is 71.0 cm³/mol. The highest BCUT2D eigenvalue weighted by molar-refractivity contribution is 5.73. The summed E-state index contributed by atoms with van der Waals surface area (Å²) in [4.78, 5) is 11.3. The Kier molecular flexibility index (Phi) is 3.20. The van der Waals surface area contributed by atoms with Crippen LogP contribution in [0.2, 0.25) is 0 Å². The lowest BCUT2D eigenvalue weighted by atomic mass is 9.56. The number of aliphatic hydroxyl groups is 1. The Balaban J connectivity index is 2.32. The zero-order chi connectivity index (χ0) is 13.5. The van der Waals surface area contributed by atoms with Crippen LogP contribution in [0, 0.1) is 18.8 Å². The molecule has 98 valence electrons. The van der Waals surface area contributed by atoms with Gasteiger partial charge in [-0.15, -0.1) is 0 Å². The van der Waals surface area contributed by atoms with E-state index >= 15 is 0 Å². The third-order valence-corrected chi connectivity index (χ3v) is 4.36. The molecule has 0 heterocycles. The number of rotatable bonds is 2. The second-order valence-corrected chi connectivity index (χ2v) is 5.52. The Morgan fingerprint density at radius 2 is 1.83 bits per heavy atom. The standard InChI is InChI=1S/C15H21NO2/c1-9-5-7-13(8-6-9)15(18)11(3)10(2)14(15)16-12(4)17/h5-8,10-11,14,18H,1-4H3,(H,16,17)/t10-,11-,14-,15+/m1/s1. The van der Waals surface area contributed by atoms with Gasteiger partial charge < -0.3 is 10.4 Å². The van der Waals surface area contributed by atoms with Crippen LogP contribution in [-0.2, 0) is 10.4 Å². The second-order valence-electron chi connectivity index (χ2n) is 5.52. The van der Waals surface area contributed by atoms with Gasteiger partial charge in [0.25, 0.3) is 0 Å². The average molecular weight is 247 g/mol. The number of hydrogen-bond donors (Lipinski definition) is 2. The van der Waals surface area contributed by atoms with Crippen molar-refractivity contribution < 1.29 is 9.90 Å². The lowest BCUT2D eigenvalue weighted by Crippen LogP contribution is -2.68. The number of carbonyl (C=O) groups excluding carboxylic acids is 1. The van der Waals surface area contributed by atoms with E-state index < -0.39 is 5.60 Å².